The van der Waals surface area contributed by atoms with Crippen molar-refractivity contribution in [1.82, 2.24) is 10.0 Å². The van der Waals surface area contributed by atoms with Crippen molar-refractivity contribution in [2.75, 3.05) is 19.7 Å². The van der Waals surface area contributed by atoms with Gasteiger partial charge < -0.3 is 10.1 Å². The van der Waals surface area contributed by atoms with Crippen molar-refractivity contribution in [3.05, 3.63) is 29.8 Å². The smallest absolute Gasteiger partial charge is 0.306 e. The van der Waals surface area contributed by atoms with Crippen LogP contribution in [-0.4, -0.2) is 40.0 Å². The van der Waals surface area contributed by atoms with Crippen LogP contribution in [0.2, 0.25) is 0 Å². The molecule has 0 saturated heterocycles. The third-order valence-corrected chi connectivity index (χ3v) is 4.46. The number of halogens is 2. The molecule has 1 amide bonds. The fourth-order valence-electron chi connectivity index (χ4n) is 1.74. The maximum Gasteiger partial charge on any atom is 0.306 e. The van der Waals surface area contributed by atoms with E-state index in [0.717, 1.165) is 18.6 Å². The van der Waals surface area contributed by atoms with E-state index in [0.29, 0.717) is 12.6 Å². The molecule has 1 aromatic rings. The normalized spacial score (nSPS) is 11.2. The van der Waals surface area contributed by atoms with E-state index in [1.165, 1.54) is 0 Å². The van der Waals surface area contributed by atoms with Crippen molar-refractivity contribution in [3.8, 4) is 0 Å². The maximum absolute atomic E-state index is 13.5. The molecule has 7 nitrogen and oxygen atoms in total. The first-order valence-electron chi connectivity index (χ1n) is 7.63. The van der Waals surface area contributed by atoms with Crippen molar-refractivity contribution in [3.63, 3.8) is 0 Å². The number of nitrogens with one attached hydrogen (secondary N) is 2. The topological polar surface area (TPSA) is 102 Å². The molecule has 0 saturated carbocycles. The van der Waals surface area contributed by atoms with Gasteiger partial charge in [0.2, 0.25) is 10.0 Å². The molecule has 0 atom stereocenters. The molecular formula is C15H20F2N2O5S. The van der Waals surface area contributed by atoms with Crippen LogP contribution < -0.4 is 10.0 Å². The Labute approximate surface area is 144 Å². The molecule has 0 unspecified atom stereocenters. The van der Waals surface area contributed by atoms with Gasteiger partial charge in [-0.2, -0.15) is 0 Å². The van der Waals surface area contributed by atoms with Crippen LogP contribution in [0.1, 0.15) is 26.2 Å². The van der Waals surface area contributed by atoms with Crippen LogP contribution in [0, 0.1) is 11.6 Å². The Bertz CT molecular complexity index is 710. The number of hydrogen-bond donors (Lipinski definition) is 2. The summed E-state index contributed by atoms with van der Waals surface area (Å²) < 4.78 is 56.9. The first kappa shape index (κ1) is 21.0. The second-order valence-corrected chi connectivity index (χ2v) is 6.82. The maximum atomic E-state index is 13.5. The second-order valence-electron chi connectivity index (χ2n) is 5.09. The summed E-state index contributed by atoms with van der Waals surface area (Å²) in [5.74, 6) is -3.16. The van der Waals surface area contributed by atoms with Crippen molar-refractivity contribution < 1.29 is 31.5 Å². The van der Waals surface area contributed by atoms with Crippen LogP contribution in [0.5, 0.6) is 0 Å². The van der Waals surface area contributed by atoms with Gasteiger partial charge in [-0.3, -0.25) is 9.59 Å². The molecule has 0 aliphatic heterocycles. The lowest BCUT2D eigenvalue weighted by Gasteiger charge is -2.08. The Hall–Kier alpha value is -2.07. The Kier molecular flexibility index (Phi) is 8.42. The van der Waals surface area contributed by atoms with Gasteiger partial charge in [0.1, 0.15) is 16.5 Å². The molecule has 0 aliphatic rings. The van der Waals surface area contributed by atoms with E-state index in [9.17, 15) is 26.8 Å². The van der Waals surface area contributed by atoms with E-state index in [1.54, 1.807) is 0 Å². The van der Waals surface area contributed by atoms with Crippen LogP contribution in [0.3, 0.4) is 0 Å². The molecule has 140 valence electrons. The second kappa shape index (κ2) is 10.0. The summed E-state index contributed by atoms with van der Waals surface area (Å²) >= 11 is 0. The summed E-state index contributed by atoms with van der Waals surface area (Å²) in [5.41, 5.74) is 0. The van der Waals surface area contributed by atoms with Crippen molar-refractivity contribution >= 4 is 21.9 Å². The number of ether oxygens (including phenoxy) is 1. The number of carbonyl (C=O) groups excluding carboxylic acids is 2. The molecule has 10 heteroatoms. The van der Waals surface area contributed by atoms with Gasteiger partial charge in [-0.15, -0.1) is 0 Å². The molecule has 25 heavy (non-hydrogen) atoms. The summed E-state index contributed by atoms with van der Waals surface area (Å²) in [6, 6.07) is 2.12. The summed E-state index contributed by atoms with van der Waals surface area (Å²) in [5, 5.41) is 2.53. The number of carbonyl (C=O) groups is 2. The molecule has 0 heterocycles. The van der Waals surface area contributed by atoms with E-state index in [2.05, 4.69) is 10.0 Å². The van der Waals surface area contributed by atoms with E-state index >= 15 is 0 Å². The molecule has 0 radical (unpaired) electrons. The summed E-state index contributed by atoms with van der Waals surface area (Å²) in [6.45, 7) is 1.82. The van der Waals surface area contributed by atoms with Crippen LogP contribution in [-0.2, 0) is 24.3 Å². The van der Waals surface area contributed by atoms with Gasteiger partial charge in [0.15, 0.2) is 6.61 Å². The van der Waals surface area contributed by atoms with Gasteiger partial charge in [0.05, 0.1) is 0 Å². The van der Waals surface area contributed by atoms with Gasteiger partial charge >= 0.3 is 5.97 Å². The monoisotopic (exact) mass is 378 g/mol. The number of esters is 1. The standard InChI is InChI=1S/C15H20F2N2O5S/c1-2-7-18-14(20)10-24-15(21)4-3-8-19-25(22,23)13-6-5-11(16)9-12(13)17/h5-6,9,19H,2-4,7-8,10H2,1H3,(H,18,20). The molecule has 1 rings (SSSR count). The molecule has 0 spiro atoms. The van der Waals surface area contributed by atoms with Crippen molar-refractivity contribution in [1.29, 1.82) is 0 Å². The van der Waals surface area contributed by atoms with Gasteiger partial charge in [-0.1, -0.05) is 6.92 Å². The zero-order valence-electron chi connectivity index (χ0n) is 13.7. The highest BCUT2D eigenvalue weighted by Gasteiger charge is 2.19. The number of rotatable bonds is 10. The van der Waals surface area contributed by atoms with Crippen LogP contribution in [0.25, 0.3) is 0 Å². The van der Waals surface area contributed by atoms with Crippen LogP contribution in [0.4, 0.5) is 8.78 Å². The lowest BCUT2D eigenvalue weighted by molar-refractivity contribution is -0.148. The van der Waals surface area contributed by atoms with Gasteiger partial charge in [-0.25, -0.2) is 21.9 Å². The van der Waals surface area contributed by atoms with Crippen molar-refractivity contribution in [2.45, 2.75) is 31.1 Å². The Morgan fingerprint density at radius 3 is 2.56 bits per heavy atom. The molecule has 2 N–H and O–H groups in total. The van der Waals surface area contributed by atoms with E-state index in [-0.39, 0.29) is 19.4 Å². The molecule has 0 aromatic heterocycles. The first-order chi connectivity index (χ1) is 11.8. The fraction of sp³-hybridized carbons (Fsp3) is 0.467. The van der Waals surface area contributed by atoms with E-state index in [1.807, 2.05) is 6.92 Å². The average molecular weight is 378 g/mol. The van der Waals surface area contributed by atoms with Crippen molar-refractivity contribution in [2.24, 2.45) is 0 Å². The predicted octanol–water partition coefficient (Wildman–Crippen LogP) is 1.09. The lowest BCUT2D eigenvalue weighted by atomic mass is 10.3. The molecule has 0 bridgehead atoms. The van der Waals surface area contributed by atoms with Gasteiger partial charge in [0, 0.05) is 25.6 Å². The average Bonchev–Trinajstić information content (AvgIpc) is 2.54. The number of hydrogen-bond acceptors (Lipinski definition) is 5. The van der Waals surface area contributed by atoms with E-state index < -0.39 is 45.0 Å². The highest BCUT2D eigenvalue weighted by molar-refractivity contribution is 7.89. The van der Waals surface area contributed by atoms with Gasteiger partial charge in [-0.05, 0) is 25.0 Å². The first-order valence-corrected chi connectivity index (χ1v) is 9.11. The zero-order chi connectivity index (χ0) is 18.9. The lowest BCUT2D eigenvalue weighted by Crippen LogP contribution is -2.29. The third-order valence-electron chi connectivity index (χ3n) is 2.97. The quantitative estimate of drug-likeness (QED) is 0.469. The van der Waals surface area contributed by atoms with Crippen LogP contribution >= 0.6 is 0 Å². The largest absolute Gasteiger partial charge is 0.456 e. The Morgan fingerprint density at radius 2 is 1.92 bits per heavy atom. The zero-order valence-corrected chi connectivity index (χ0v) is 14.5. The Balaban J connectivity index is 2.34. The molecule has 1 aromatic carbocycles. The minimum absolute atomic E-state index is 0.0947. The highest BCUT2D eigenvalue weighted by atomic mass is 32.2. The van der Waals surface area contributed by atoms with E-state index in [4.69, 9.17) is 4.74 Å². The number of sulfonamides is 1. The molecule has 0 aliphatic carbocycles. The minimum Gasteiger partial charge on any atom is -0.456 e. The Morgan fingerprint density at radius 1 is 1.20 bits per heavy atom. The minimum atomic E-state index is -4.15. The summed E-state index contributed by atoms with van der Waals surface area (Å²) in [4.78, 5) is 22.0. The number of amides is 1. The molecule has 0 fully saturated rings. The fourth-order valence-corrected chi connectivity index (χ4v) is 2.88. The van der Waals surface area contributed by atoms with Gasteiger partial charge in [0.25, 0.3) is 5.91 Å². The SMILES string of the molecule is CCCNC(=O)COC(=O)CCCNS(=O)(=O)c1ccc(F)cc1F. The predicted molar refractivity (Wildman–Crippen MR) is 85.0 cm³/mol. The number of benzene rings is 1. The van der Waals surface area contributed by atoms with Crippen LogP contribution in [0.15, 0.2) is 23.1 Å². The highest BCUT2D eigenvalue weighted by Crippen LogP contribution is 2.15. The summed E-state index contributed by atoms with van der Waals surface area (Å²) in [6.07, 6.45) is 0.738. The summed E-state index contributed by atoms with van der Waals surface area (Å²) in [7, 11) is -4.15. The third kappa shape index (κ3) is 7.57. The molecular weight excluding hydrogens is 358 g/mol.